The summed E-state index contributed by atoms with van der Waals surface area (Å²) in [6.07, 6.45) is 0. The zero-order valence-electron chi connectivity index (χ0n) is 43.6. The average molecular weight is 1010 g/mol. The number of hydrogen-bond acceptors (Lipinski definition) is 1. The summed E-state index contributed by atoms with van der Waals surface area (Å²) in [5.41, 5.74) is 29.1. The first-order valence-corrected chi connectivity index (χ1v) is 28.0. The molecule has 4 aliphatic rings. The van der Waals surface area contributed by atoms with Crippen LogP contribution in [0, 0.1) is 0 Å². The molecule has 0 fully saturated rings. The number of para-hydroxylation sites is 4. The van der Waals surface area contributed by atoms with Crippen LogP contribution in [0.2, 0.25) is 0 Å². The molecule has 18 rings (SSSR count). The predicted molar refractivity (Wildman–Crippen MR) is 331 cm³/mol. The molecule has 1 unspecified atom stereocenters. The number of hydrogen-bond donors (Lipinski definition) is 0. The second-order valence-electron chi connectivity index (χ2n) is 22.1. The fraction of sp³-hybridized carbons (Fsp3) is 0.0256. The topological polar surface area (TPSA) is 8.17 Å². The molecule has 0 amide bonds. The fourth-order valence-corrected chi connectivity index (χ4v) is 15.7. The lowest BCUT2D eigenvalue weighted by Gasteiger charge is -2.39. The van der Waals surface area contributed by atoms with Crippen LogP contribution in [0.4, 0.5) is 17.1 Å². The lowest BCUT2D eigenvalue weighted by molar-refractivity contribution is 0.749. The Labute approximate surface area is 464 Å². The Kier molecular flexibility index (Phi) is 8.83. The molecule has 370 valence electrons. The van der Waals surface area contributed by atoms with Gasteiger partial charge in [0.15, 0.2) is 0 Å². The van der Waals surface area contributed by atoms with E-state index in [0.717, 1.165) is 17.1 Å². The van der Waals surface area contributed by atoms with Crippen LogP contribution in [0.5, 0.6) is 0 Å². The summed E-state index contributed by atoms with van der Waals surface area (Å²) in [7, 11) is 0. The summed E-state index contributed by atoms with van der Waals surface area (Å²) >= 11 is 0. The number of nitrogens with zero attached hydrogens (tertiary/aromatic N) is 2. The summed E-state index contributed by atoms with van der Waals surface area (Å²) in [6.45, 7) is 0. The Hall–Kier alpha value is -10.3. The van der Waals surface area contributed by atoms with E-state index in [1.807, 2.05) is 0 Å². The number of aromatic nitrogens is 1. The van der Waals surface area contributed by atoms with Crippen molar-refractivity contribution >= 4 is 49.6 Å². The van der Waals surface area contributed by atoms with Crippen LogP contribution >= 0.6 is 0 Å². The minimum atomic E-state index is -0.558. The van der Waals surface area contributed by atoms with Crippen molar-refractivity contribution in [2.24, 2.45) is 0 Å². The second-order valence-corrected chi connectivity index (χ2v) is 22.1. The van der Waals surface area contributed by atoms with E-state index >= 15 is 0 Å². The van der Waals surface area contributed by atoms with Crippen molar-refractivity contribution in [1.82, 2.24) is 4.57 Å². The molecule has 0 bridgehead atoms. The van der Waals surface area contributed by atoms with Gasteiger partial charge in [-0.15, -0.1) is 0 Å². The first kappa shape index (κ1) is 43.8. The predicted octanol–water partition coefficient (Wildman–Crippen LogP) is 19.8. The molecule has 14 aromatic rings. The Morgan fingerprint density at radius 3 is 1.48 bits per heavy atom. The third kappa shape index (κ3) is 5.43. The third-order valence-corrected chi connectivity index (χ3v) is 18.6. The molecule has 1 aromatic heterocycles. The summed E-state index contributed by atoms with van der Waals surface area (Å²) in [5.74, 6) is 0. The second kappa shape index (κ2) is 16.1. The van der Waals surface area contributed by atoms with Gasteiger partial charge in [-0.1, -0.05) is 255 Å². The normalized spacial score (nSPS) is 15.2. The number of rotatable bonds is 5. The lowest BCUT2D eigenvalue weighted by Crippen LogP contribution is -2.33. The van der Waals surface area contributed by atoms with Gasteiger partial charge in [-0.25, -0.2) is 0 Å². The van der Waals surface area contributed by atoms with Crippen LogP contribution in [0.3, 0.4) is 0 Å². The standard InChI is InChI=1S/C78H48N2/c1-2-22-49(23-3-1)52-24-10-17-40-70(52)79(74-43-21-38-67-75(74)61-31-9-15-36-65(61)77(67)62-33-12-6-26-54(62)55-27-7-13-34-63(55)77)72-47-46-51(53-25-4-5-29-58(53)72)50-44-45-57-56-28-8-14-35-64(56)78(69(57)48-50)66-37-16-19-42-73(66)80-71-41-18-11-30-59(71)60-32-20-39-68(78)76(60)80/h1-48H. The van der Waals surface area contributed by atoms with Crippen LogP contribution in [-0.4, -0.2) is 4.57 Å². The van der Waals surface area contributed by atoms with E-state index in [4.69, 9.17) is 0 Å². The molecule has 0 N–H and O–H groups in total. The van der Waals surface area contributed by atoms with Gasteiger partial charge in [-0.2, -0.15) is 0 Å². The molecular weight excluding hydrogens is 965 g/mol. The molecule has 3 aliphatic carbocycles. The first-order valence-electron chi connectivity index (χ1n) is 28.0. The van der Waals surface area contributed by atoms with E-state index in [1.165, 1.54) is 138 Å². The maximum absolute atomic E-state index is 2.59. The van der Waals surface area contributed by atoms with E-state index < -0.39 is 10.8 Å². The quantitative estimate of drug-likeness (QED) is 0.167. The van der Waals surface area contributed by atoms with Crippen molar-refractivity contribution in [2.45, 2.75) is 10.8 Å². The SMILES string of the molecule is c1ccc(-c2ccccc2N(c2cccc3c2-c2ccccc2C32c3ccccc3-c3ccccc32)c2ccc(-c3ccc4c(c3)C3(c5ccccc5-4)c4ccccc4-n4c5ccccc5c5cccc3c54)c3ccccc23)cc1. The molecule has 2 spiro atoms. The Bertz CT molecular complexity index is 4930. The number of fused-ring (bicyclic) bond motifs is 23. The lowest BCUT2D eigenvalue weighted by atomic mass is 9.65. The van der Waals surface area contributed by atoms with Crippen molar-refractivity contribution in [3.63, 3.8) is 0 Å². The van der Waals surface area contributed by atoms with E-state index in [1.54, 1.807) is 0 Å². The smallest absolute Gasteiger partial charge is 0.0754 e. The summed E-state index contributed by atoms with van der Waals surface area (Å²) in [6, 6.07) is 110. The van der Waals surface area contributed by atoms with Crippen molar-refractivity contribution in [2.75, 3.05) is 4.90 Å². The zero-order valence-corrected chi connectivity index (χ0v) is 43.6. The summed E-state index contributed by atoms with van der Waals surface area (Å²) in [4.78, 5) is 2.59. The summed E-state index contributed by atoms with van der Waals surface area (Å²) < 4.78 is 2.53. The largest absolute Gasteiger partial charge is 0.309 e. The highest BCUT2D eigenvalue weighted by Gasteiger charge is 2.53. The van der Waals surface area contributed by atoms with Gasteiger partial charge in [0.25, 0.3) is 0 Å². The molecule has 13 aromatic carbocycles. The van der Waals surface area contributed by atoms with Gasteiger partial charge in [0.05, 0.1) is 44.6 Å². The molecular formula is C78H48N2. The fourth-order valence-electron chi connectivity index (χ4n) is 15.7. The molecule has 0 saturated heterocycles. The van der Waals surface area contributed by atoms with Gasteiger partial charge in [-0.05, 0) is 131 Å². The molecule has 0 saturated carbocycles. The zero-order chi connectivity index (χ0) is 52.3. The maximum Gasteiger partial charge on any atom is 0.0754 e. The summed E-state index contributed by atoms with van der Waals surface area (Å²) in [5, 5.41) is 4.95. The minimum Gasteiger partial charge on any atom is -0.309 e. The van der Waals surface area contributed by atoms with Crippen LogP contribution < -0.4 is 4.90 Å². The van der Waals surface area contributed by atoms with Gasteiger partial charge in [0.1, 0.15) is 0 Å². The third-order valence-electron chi connectivity index (χ3n) is 18.6. The monoisotopic (exact) mass is 1010 g/mol. The van der Waals surface area contributed by atoms with Crippen molar-refractivity contribution < 1.29 is 0 Å². The van der Waals surface area contributed by atoms with Gasteiger partial charge < -0.3 is 9.47 Å². The first-order chi connectivity index (χ1) is 39.7. The molecule has 2 heterocycles. The van der Waals surface area contributed by atoms with Gasteiger partial charge in [0, 0.05) is 27.3 Å². The van der Waals surface area contributed by atoms with E-state index in [9.17, 15) is 0 Å². The molecule has 2 heteroatoms. The van der Waals surface area contributed by atoms with Gasteiger partial charge >= 0.3 is 0 Å². The van der Waals surface area contributed by atoms with E-state index in [-0.39, 0.29) is 0 Å². The van der Waals surface area contributed by atoms with Crippen LogP contribution in [0.25, 0.3) is 93.9 Å². The van der Waals surface area contributed by atoms with Crippen molar-refractivity contribution in [3.8, 4) is 61.3 Å². The molecule has 80 heavy (non-hydrogen) atoms. The highest BCUT2D eigenvalue weighted by Crippen LogP contribution is 2.66. The maximum atomic E-state index is 2.59. The molecule has 1 aliphatic heterocycles. The van der Waals surface area contributed by atoms with Gasteiger partial charge in [0.2, 0.25) is 0 Å². The number of anilines is 3. The van der Waals surface area contributed by atoms with Crippen LogP contribution in [0.1, 0.15) is 44.5 Å². The minimum absolute atomic E-state index is 0.489. The van der Waals surface area contributed by atoms with E-state index in [0.29, 0.717) is 0 Å². The van der Waals surface area contributed by atoms with Gasteiger partial charge in [-0.3, -0.25) is 0 Å². The highest BCUT2D eigenvalue weighted by molar-refractivity contribution is 6.14. The molecule has 0 radical (unpaired) electrons. The van der Waals surface area contributed by atoms with Crippen LogP contribution in [0.15, 0.2) is 291 Å². The highest BCUT2D eigenvalue weighted by atomic mass is 15.2. The molecule has 2 nitrogen and oxygen atoms in total. The Morgan fingerprint density at radius 1 is 0.250 bits per heavy atom. The molecule has 1 atom stereocenters. The van der Waals surface area contributed by atoms with Crippen LogP contribution in [-0.2, 0) is 10.8 Å². The Morgan fingerprint density at radius 2 is 0.738 bits per heavy atom. The average Bonchev–Trinajstić information content (AvgIpc) is 4.42. The van der Waals surface area contributed by atoms with E-state index in [2.05, 4.69) is 301 Å². The van der Waals surface area contributed by atoms with Crippen molar-refractivity contribution in [3.05, 3.63) is 336 Å². The number of benzene rings is 13. The Balaban J connectivity index is 0.893. The van der Waals surface area contributed by atoms with Crippen molar-refractivity contribution in [1.29, 1.82) is 0 Å².